The van der Waals surface area contributed by atoms with Gasteiger partial charge in [0.1, 0.15) is 5.82 Å². The second kappa shape index (κ2) is 4.85. The molecule has 0 atom stereocenters. The van der Waals surface area contributed by atoms with Crippen LogP contribution in [0.5, 0.6) is 0 Å². The molecule has 3 nitrogen and oxygen atoms in total. The summed E-state index contributed by atoms with van der Waals surface area (Å²) in [4.78, 5) is 11.3. The van der Waals surface area contributed by atoms with Crippen LogP contribution in [0.4, 0.5) is 9.18 Å². The summed E-state index contributed by atoms with van der Waals surface area (Å²) in [5, 5.41) is 8.72. The third kappa shape index (κ3) is 2.92. The Morgan fingerprint density at radius 1 is 1.50 bits per heavy atom. The van der Waals surface area contributed by atoms with Crippen LogP contribution in [0.2, 0.25) is 0 Å². The maximum absolute atomic E-state index is 12.5. The summed E-state index contributed by atoms with van der Waals surface area (Å²) in [5.41, 5.74) is 0. The summed E-state index contributed by atoms with van der Waals surface area (Å²) in [6.45, 7) is 2.13. The van der Waals surface area contributed by atoms with Gasteiger partial charge < -0.3 is 5.11 Å². The highest BCUT2D eigenvalue weighted by Gasteiger charge is 2.10. The van der Waals surface area contributed by atoms with Gasteiger partial charge in [-0.1, -0.05) is 0 Å². The van der Waals surface area contributed by atoms with Gasteiger partial charge in [-0.2, -0.15) is 0 Å². The third-order valence-corrected chi connectivity index (χ3v) is 2.65. The zero-order valence-electron chi connectivity index (χ0n) is 7.61. The highest BCUT2D eigenvalue weighted by molar-refractivity contribution is 7.97. The Balaban J connectivity index is 2.67. The average Bonchev–Trinajstić information content (AvgIpc) is 2.16. The molecule has 0 unspecified atom stereocenters. The SMILES string of the molecule is CCN(Sc1ccc(F)cc1)C(=O)O. The van der Waals surface area contributed by atoms with Crippen molar-refractivity contribution >= 4 is 18.0 Å². The lowest BCUT2D eigenvalue weighted by Crippen LogP contribution is -2.21. The quantitative estimate of drug-likeness (QED) is 0.788. The van der Waals surface area contributed by atoms with Crippen molar-refractivity contribution in [2.45, 2.75) is 11.8 Å². The molecule has 76 valence electrons. The summed E-state index contributed by atoms with van der Waals surface area (Å²) >= 11 is 1.07. The molecule has 14 heavy (non-hydrogen) atoms. The smallest absolute Gasteiger partial charge is 0.417 e. The summed E-state index contributed by atoms with van der Waals surface area (Å²) in [7, 11) is 0. The molecular weight excluding hydrogens is 205 g/mol. The Kier molecular flexibility index (Phi) is 3.76. The van der Waals surface area contributed by atoms with E-state index < -0.39 is 6.09 Å². The van der Waals surface area contributed by atoms with Gasteiger partial charge in [-0.3, -0.25) is 0 Å². The van der Waals surface area contributed by atoms with Gasteiger partial charge >= 0.3 is 6.09 Å². The van der Waals surface area contributed by atoms with E-state index in [1.54, 1.807) is 19.1 Å². The number of carboxylic acid groups (broad SMARTS) is 1. The zero-order chi connectivity index (χ0) is 10.6. The van der Waals surface area contributed by atoms with E-state index in [1.165, 1.54) is 16.4 Å². The predicted octanol–water partition coefficient (Wildman–Crippen LogP) is 2.83. The number of rotatable bonds is 3. The van der Waals surface area contributed by atoms with Crippen molar-refractivity contribution in [3.63, 3.8) is 0 Å². The predicted molar refractivity (Wildman–Crippen MR) is 52.7 cm³/mol. The molecule has 0 saturated heterocycles. The molecule has 0 fully saturated rings. The van der Waals surface area contributed by atoms with Crippen LogP contribution in [0.15, 0.2) is 29.2 Å². The first-order valence-corrected chi connectivity index (χ1v) is 4.85. The summed E-state index contributed by atoms with van der Waals surface area (Å²) in [5.74, 6) is -0.326. The number of nitrogens with zero attached hydrogens (tertiary/aromatic N) is 1. The molecule has 0 aliphatic carbocycles. The lowest BCUT2D eigenvalue weighted by molar-refractivity contribution is 0.176. The second-order valence-corrected chi connectivity index (χ2v) is 3.62. The lowest BCUT2D eigenvalue weighted by Gasteiger charge is -2.14. The van der Waals surface area contributed by atoms with Crippen LogP contribution in [0.1, 0.15) is 6.92 Å². The summed E-state index contributed by atoms with van der Waals surface area (Å²) < 4.78 is 13.7. The van der Waals surface area contributed by atoms with Gasteiger partial charge in [-0.25, -0.2) is 13.5 Å². The van der Waals surface area contributed by atoms with E-state index >= 15 is 0 Å². The van der Waals surface area contributed by atoms with Gasteiger partial charge in [0.25, 0.3) is 0 Å². The minimum Gasteiger partial charge on any atom is -0.464 e. The number of benzene rings is 1. The molecule has 0 aliphatic rings. The van der Waals surface area contributed by atoms with E-state index in [0.29, 0.717) is 11.4 Å². The van der Waals surface area contributed by atoms with Crippen LogP contribution in [0, 0.1) is 5.82 Å². The Morgan fingerprint density at radius 2 is 2.07 bits per heavy atom. The monoisotopic (exact) mass is 215 g/mol. The van der Waals surface area contributed by atoms with Crippen molar-refractivity contribution in [1.82, 2.24) is 4.31 Å². The van der Waals surface area contributed by atoms with Crippen LogP contribution in [-0.2, 0) is 0 Å². The molecule has 0 aliphatic heterocycles. The van der Waals surface area contributed by atoms with E-state index in [9.17, 15) is 9.18 Å². The van der Waals surface area contributed by atoms with Crippen molar-refractivity contribution in [2.75, 3.05) is 6.54 Å². The molecule has 0 saturated carbocycles. The van der Waals surface area contributed by atoms with Crippen LogP contribution < -0.4 is 0 Å². The van der Waals surface area contributed by atoms with E-state index in [2.05, 4.69) is 0 Å². The normalized spacial score (nSPS) is 9.86. The first-order valence-electron chi connectivity index (χ1n) is 4.07. The minimum absolute atomic E-state index is 0.326. The molecular formula is C9H10FNO2S. The van der Waals surface area contributed by atoms with Gasteiger partial charge in [-0.05, 0) is 43.1 Å². The number of hydrogen-bond donors (Lipinski definition) is 1. The molecule has 0 radical (unpaired) electrons. The molecule has 1 rings (SSSR count). The maximum Gasteiger partial charge on any atom is 0.417 e. The van der Waals surface area contributed by atoms with Crippen LogP contribution in [-0.4, -0.2) is 22.0 Å². The molecule has 0 bridgehead atoms. The van der Waals surface area contributed by atoms with Crippen molar-refractivity contribution in [3.8, 4) is 0 Å². The van der Waals surface area contributed by atoms with E-state index in [4.69, 9.17) is 5.11 Å². The van der Waals surface area contributed by atoms with E-state index in [-0.39, 0.29) is 5.82 Å². The fraction of sp³-hybridized carbons (Fsp3) is 0.222. The summed E-state index contributed by atoms with van der Waals surface area (Å²) in [6, 6.07) is 5.70. The fourth-order valence-electron chi connectivity index (χ4n) is 0.862. The Bertz CT molecular complexity index is 315. The van der Waals surface area contributed by atoms with E-state index in [0.717, 1.165) is 11.9 Å². The molecule has 0 spiro atoms. The number of carbonyl (C=O) groups is 1. The largest absolute Gasteiger partial charge is 0.464 e. The third-order valence-electron chi connectivity index (χ3n) is 1.53. The zero-order valence-corrected chi connectivity index (χ0v) is 8.42. The highest BCUT2D eigenvalue weighted by atomic mass is 32.2. The lowest BCUT2D eigenvalue weighted by atomic mass is 10.4. The van der Waals surface area contributed by atoms with E-state index in [1.807, 2.05) is 0 Å². The molecule has 0 heterocycles. The number of hydrogen-bond acceptors (Lipinski definition) is 2. The Hall–Kier alpha value is -1.23. The van der Waals surface area contributed by atoms with Gasteiger partial charge in [0.05, 0.1) is 0 Å². The van der Waals surface area contributed by atoms with Crippen molar-refractivity contribution in [2.24, 2.45) is 0 Å². The van der Waals surface area contributed by atoms with Crippen LogP contribution in [0.25, 0.3) is 0 Å². The maximum atomic E-state index is 12.5. The second-order valence-electron chi connectivity index (χ2n) is 2.52. The first kappa shape index (κ1) is 10.8. The van der Waals surface area contributed by atoms with Gasteiger partial charge in [-0.15, -0.1) is 0 Å². The minimum atomic E-state index is -0.998. The first-order chi connectivity index (χ1) is 6.63. The number of halogens is 1. The Labute approximate surface area is 85.7 Å². The van der Waals surface area contributed by atoms with Gasteiger partial charge in [0, 0.05) is 11.4 Å². The molecule has 1 amide bonds. The molecule has 5 heteroatoms. The molecule has 1 aromatic rings. The summed E-state index contributed by atoms with van der Waals surface area (Å²) in [6.07, 6.45) is -0.998. The topological polar surface area (TPSA) is 40.5 Å². The fourth-order valence-corrected chi connectivity index (χ4v) is 1.58. The van der Waals surface area contributed by atoms with Crippen molar-refractivity contribution in [3.05, 3.63) is 30.1 Å². The Morgan fingerprint density at radius 3 is 2.50 bits per heavy atom. The molecule has 0 aromatic heterocycles. The van der Waals surface area contributed by atoms with Crippen LogP contribution in [0.3, 0.4) is 0 Å². The standard InChI is InChI=1S/C9H10FNO2S/c1-2-11(9(12)13)14-8-5-3-7(10)4-6-8/h3-6H,2H2,1H3,(H,12,13). The molecule has 1 aromatic carbocycles. The van der Waals surface area contributed by atoms with Crippen molar-refractivity contribution in [1.29, 1.82) is 0 Å². The van der Waals surface area contributed by atoms with Crippen LogP contribution >= 0.6 is 11.9 Å². The molecule has 1 N–H and O–H groups in total. The van der Waals surface area contributed by atoms with Crippen molar-refractivity contribution < 1.29 is 14.3 Å². The average molecular weight is 215 g/mol. The van der Waals surface area contributed by atoms with Gasteiger partial charge in [0.2, 0.25) is 0 Å². The number of amides is 1. The van der Waals surface area contributed by atoms with Gasteiger partial charge in [0.15, 0.2) is 0 Å². The highest BCUT2D eigenvalue weighted by Crippen LogP contribution is 2.22.